The number of aromatic nitrogens is 2. The third-order valence-electron chi connectivity index (χ3n) is 2.64. The summed E-state index contributed by atoms with van der Waals surface area (Å²) >= 11 is 5.60. The molecule has 8 heteroatoms. The van der Waals surface area contributed by atoms with Crippen LogP contribution < -0.4 is 10.5 Å². The molecule has 0 atom stereocenters. The number of halogens is 2. The van der Waals surface area contributed by atoms with E-state index in [2.05, 4.69) is 10.3 Å². The lowest BCUT2D eigenvalue weighted by atomic mass is 10.2. The minimum Gasteiger partial charge on any atom is -0.438 e. The van der Waals surface area contributed by atoms with E-state index in [9.17, 15) is 4.39 Å². The van der Waals surface area contributed by atoms with Crippen LogP contribution in [0.5, 0.6) is 11.6 Å². The highest BCUT2D eigenvalue weighted by atomic mass is 35.5. The Morgan fingerprint density at radius 3 is 2.85 bits per heavy atom. The minimum atomic E-state index is -0.603. The fourth-order valence-electron chi connectivity index (χ4n) is 1.75. The molecule has 0 saturated carbocycles. The Bertz CT molecular complexity index is 684. The van der Waals surface area contributed by atoms with Gasteiger partial charge < -0.3 is 15.7 Å². The van der Waals surface area contributed by atoms with Crippen molar-refractivity contribution in [1.82, 2.24) is 9.78 Å². The van der Waals surface area contributed by atoms with Crippen LogP contribution in [0.3, 0.4) is 0 Å². The number of hydrogen-bond donors (Lipinski definition) is 2. The molecule has 0 unspecified atom stereocenters. The SMILES string of the molecule is Cc1nn(C)c(Oc2ccc(Cl)c(F)c2)c1/C(N)=N/O. The number of ether oxygens (including phenoxy) is 1. The van der Waals surface area contributed by atoms with Crippen molar-refractivity contribution in [2.24, 2.45) is 17.9 Å². The van der Waals surface area contributed by atoms with Crippen molar-refractivity contribution in [3.63, 3.8) is 0 Å². The third-order valence-corrected chi connectivity index (χ3v) is 2.95. The van der Waals surface area contributed by atoms with E-state index in [1.165, 1.54) is 16.8 Å². The summed E-state index contributed by atoms with van der Waals surface area (Å²) in [6.07, 6.45) is 0. The Morgan fingerprint density at radius 2 is 2.25 bits per heavy atom. The largest absolute Gasteiger partial charge is 0.438 e. The molecule has 1 aromatic heterocycles. The zero-order valence-electron chi connectivity index (χ0n) is 10.8. The first-order valence-corrected chi connectivity index (χ1v) is 5.96. The Labute approximate surface area is 119 Å². The van der Waals surface area contributed by atoms with Gasteiger partial charge in [-0.25, -0.2) is 9.07 Å². The molecule has 0 spiro atoms. The molecular formula is C12H12ClFN4O2. The summed E-state index contributed by atoms with van der Waals surface area (Å²) in [6.45, 7) is 1.68. The summed E-state index contributed by atoms with van der Waals surface area (Å²) in [6, 6.07) is 4.02. The van der Waals surface area contributed by atoms with Gasteiger partial charge in [0, 0.05) is 13.1 Å². The lowest BCUT2D eigenvalue weighted by Gasteiger charge is -2.08. The minimum absolute atomic E-state index is 0.00445. The standard InChI is InChI=1S/C12H12ClFN4O2/c1-6-10(11(15)17-19)12(18(2)16-6)20-7-3-4-8(13)9(14)5-7/h3-5,19H,1-2H3,(H2,15,17). The van der Waals surface area contributed by atoms with E-state index in [-0.39, 0.29) is 22.5 Å². The highest BCUT2D eigenvalue weighted by Crippen LogP contribution is 2.29. The molecular weight excluding hydrogens is 287 g/mol. The van der Waals surface area contributed by atoms with Gasteiger partial charge in [-0.15, -0.1) is 0 Å². The topological polar surface area (TPSA) is 85.7 Å². The lowest BCUT2D eigenvalue weighted by Crippen LogP contribution is -2.15. The molecule has 20 heavy (non-hydrogen) atoms. The van der Waals surface area contributed by atoms with Crippen LogP contribution in [0.4, 0.5) is 4.39 Å². The number of rotatable bonds is 3. The number of amidine groups is 1. The van der Waals surface area contributed by atoms with Crippen LogP contribution in [-0.2, 0) is 7.05 Å². The van der Waals surface area contributed by atoms with Crippen LogP contribution in [0.15, 0.2) is 23.4 Å². The third kappa shape index (κ3) is 2.53. The summed E-state index contributed by atoms with van der Waals surface area (Å²) in [4.78, 5) is 0. The second kappa shape index (κ2) is 5.38. The quantitative estimate of drug-likeness (QED) is 0.394. The Hall–Kier alpha value is -2.28. The summed E-state index contributed by atoms with van der Waals surface area (Å²) in [5.41, 5.74) is 6.45. The van der Waals surface area contributed by atoms with Crippen LogP contribution in [-0.4, -0.2) is 20.8 Å². The molecule has 0 fully saturated rings. The van der Waals surface area contributed by atoms with E-state index >= 15 is 0 Å². The molecule has 0 aliphatic rings. The van der Waals surface area contributed by atoms with Crippen LogP contribution in [0, 0.1) is 12.7 Å². The number of nitrogens with two attached hydrogens (primary N) is 1. The zero-order valence-corrected chi connectivity index (χ0v) is 11.5. The van der Waals surface area contributed by atoms with E-state index in [0.29, 0.717) is 11.3 Å². The van der Waals surface area contributed by atoms with E-state index < -0.39 is 5.82 Å². The molecule has 0 aliphatic carbocycles. The zero-order chi connectivity index (χ0) is 14.9. The molecule has 0 saturated heterocycles. The van der Waals surface area contributed by atoms with Crippen molar-refractivity contribution < 1.29 is 14.3 Å². The first-order valence-electron chi connectivity index (χ1n) is 5.58. The molecule has 2 rings (SSSR count). The molecule has 106 valence electrons. The monoisotopic (exact) mass is 298 g/mol. The molecule has 1 heterocycles. The molecule has 3 N–H and O–H groups in total. The lowest BCUT2D eigenvalue weighted by molar-refractivity contribution is 0.318. The average Bonchev–Trinajstić information content (AvgIpc) is 2.68. The molecule has 1 aromatic carbocycles. The predicted octanol–water partition coefficient (Wildman–Crippen LogP) is 2.41. The van der Waals surface area contributed by atoms with Gasteiger partial charge >= 0.3 is 0 Å². The fourth-order valence-corrected chi connectivity index (χ4v) is 1.87. The Balaban J connectivity index is 2.45. The van der Waals surface area contributed by atoms with Crippen molar-refractivity contribution in [3.8, 4) is 11.6 Å². The van der Waals surface area contributed by atoms with Gasteiger partial charge in [-0.3, -0.25) is 0 Å². The maximum absolute atomic E-state index is 13.4. The van der Waals surface area contributed by atoms with Gasteiger partial charge in [0.15, 0.2) is 5.84 Å². The van der Waals surface area contributed by atoms with Gasteiger partial charge in [0.05, 0.1) is 10.7 Å². The summed E-state index contributed by atoms with van der Waals surface area (Å²) < 4.78 is 20.4. The molecule has 0 bridgehead atoms. The van der Waals surface area contributed by atoms with Crippen molar-refractivity contribution in [2.45, 2.75) is 6.92 Å². The Kier molecular flexibility index (Phi) is 3.80. The maximum atomic E-state index is 13.4. The number of aryl methyl sites for hydroxylation is 2. The van der Waals surface area contributed by atoms with Gasteiger partial charge in [0.25, 0.3) is 0 Å². The highest BCUT2D eigenvalue weighted by Gasteiger charge is 2.19. The second-order valence-corrected chi connectivity index (χ2v) is 4.46. The fraction of sp³-hybridized carbons (Fsp3) is 0.167. The first kappa shape index (κ1) is 14.1. The molecule has 6 nitrogen and oxygen atoms in total. The summed E-state index contributed by atoms with van der Waals surface area (Å²) in [7, 11) is 1.63. The molecule has 0 amide bonds. The van der Waals surface area contributed by atoms with Crippen LogP contribution in [0.25, 0.3) is 0 Å². The molecule has 2 aromatic rings. The van der Waals surface area contributed by atoms with Gasteiger partial charge in [0.1, 0.15) is 17.1 Å². The highest BCUT2D eigenvalue weighted by molar-refractivity contribution is 6.30. The summed E-state index contributed by atoms with van der Waals surface area (Å²) in [5.74, 6) is -0.283. The normalized spacial score (nSPS) is 11.7. The average molecular weight is 299 g/mol. The van der Waals surface area contributed by atoms with Gasteiger partial charge in [-0.1, -0.05) is 16.8 Å². The van der Waals surface area contributed by atoms with Crippen molar-refractivity contribution in [1.29, 1.82) is 0 Å². The predicted molar refractivity (Wildman–Crippen MR) is 71.9 cm³/mol. The van der Waals surface area contributed by atoms with E-state index in [4.69, 9.17) is 27.3 Å². The van der Waals surface area contributed by atoms with Crippen molar-refractivity contribution in [3.05, 3.63) is 40.3 Å². The van der Waals surface area contributed by atoms with E-state index in [1.807, 2.05) is 0 Å². The van der Waals surface area contributed by atoms with Gasteiger partial charge in [-0.2, -0.15) is 5.10 Å². The molecule has 0 radical (unpaired) electrons. The number of hydrogen-bond acceptors (Lipinski definition) is 4. The van der Waals surface area contributed by atoms with Crippen LogP contribution >= 0.6 is 11.6 Å². The van der Waals surface area contributed by atoms with Crippen molar-refractivity contribution in [2.75, 3.05) is 0 Å². The van der Waals surface area contributed by atoms with E-state index in [1.54, 1.807) is 14.0 Å². The van der Waals surface area contributed by atoms with Crippen LogP contribution in [0.1, 0.15) is 11.3 Å². The first-order chi connectivity index (χ1) is 9.43. The van der Waals surface area contributed by atoms with Gasteiger partial charge in [0.2, 0.25) is 5.88 Å². The second-order valence-electron chi connectivity index (χ2n) is 4.05. The molecule has 0 aliphatic heterocycles. The van der Waals surface area contributed by atoms with E-state index in [0.717, 1.165) is 6.07 Å². The Morgan fingerprint density at radius 1 is 1.55 bits per heavy atom. The maximum Gasteiger partial charge on any atom is 0.229 e. The number of oxime groups is 1. The number of benzene rings is 1. The number of nitrogens with zero attached hydrogens (tertiary/aromatic N) is 3. The van der Waals surface area contributed by atoms with Crippen LogP contribution in [0.2, 0.25) is 5.02 Å². The van der Waals surface area contributed by atoms with Crippen molar-refractivity contribution >= 4 is 17.4 Å². The van der Waals surface area contributed by atoms with Gasteiger partial charge in [-0.05, 0) is 19.1 Å². The summed E-state index contributed by atoms with van der Waals surface area (Å²) in [5, 5.41) is 15.8. The smallest absolute Gasteiger partial charge is 0.229 e.